The molecular formula is C16H17BrO. The summed E-state index contributed by atoms with van der Waals surface area (Å²) in [5.41, 5.74) is 3.57. The number of hydrogen-bond donors (Lipinski definition) is 1. The highest BCUT2D eigenvalue weighted by Gasteiger charge is 2.20. The van der Waals surface area contributed by atoms with Gasteiger partial charge in [-0.25, -0.2) is 0 Å². The van der Waals surface area contributed by atoms with E-state index in [9.17, 15) is 5.11 Å². The zero-order valence-corrected chi connectivity index (χ0v) is 12.5. The van der Waals surface area contributed by atoms with Gasteiger partial charge in [0.05, 0.1) is 5.60 Å². The summed E-state index contributed by atoms with van der Waals surface area (Å²) >= 11 is 3.48. The molecule has 0 spiro atoms. The van der Waals surface area contributed by atoms with Crippen LogP contribution in [0.1, 0.15) is 25.0 Å². The number of aliphatic hydroxyl groups is 1. The Morgan fingerprint density at radius 1 is 1.00 bits per heavy atom. The van der Waals surface area contributed by atoms with Gasteiger partial charge < -0.3 is 5.11 Å². The first-order chi connectivity index (χ1) is 8.39. The van der Waals surface area contributed by atoms with E-state index in [0.717, 1.165) is 21.2 Å². The van der Waals surface area contributed by atoms with E-state index in [1.54, 1.807) is 0 Å². The Bertz CT molecular complexity index is 568. The fraction of sp³-hybridized carbons (Fsp3) is 0.250. The summed E-state index contributed by atoms with van der Waals surface area (Å²) in [7, 11) is 0. The molecule has 0 heterocycles. The van der Waals surface area contributed by atoms with E-state index in [0.29, 0.717) is 0 Å². The Labute approximate surface area is 117 Å². The zero-order valence-electron chi connectivity index (χ0n) is 10.9. The Balaban J connectivity index is 2.64. The Morgan fingerprint density at radius 3 is 2.28 bits per heavy atom. The molecule has 0 aliphatic carbocycles. The number of benzene rings is 2. The second-order valence-electron chi connectivity index (χ2n) is 5.06. The van der Waals surface area contributed by atoms with Gasteiger partial charge in [0.1, 0.15) is 0 Å². The molecular weight excluding hydrogens is 288 g/mol. The van der Waals surface area contributed by atoms with E-state index in [1.807, 2.05) is 38.1 Å². The van der Waals surface area contributed by atoms with Crippen molar-refractivity contribution < 1.29 is 5.11 Å². The molecule has 18 heavy (non-hydrogen) atoms. The molecule has 2 heteroatoms. The van der Waals surface area contributed by atoms with E-state index in [-0.39, 0.29) is 0 Å². The number of rotatable bonds is 2. The predicted octanol–water partition coefficient (Wildman–Crippen LogP) is 4.65. The third kappa shape index (κ3) is 2.65. The van der Waals surface area contributed by atoms with Crippen molar-refractivity contribution in [1.82, 2.24) is 0 Å². The summed E-state index contributed by atoms with van der Waals surface area (Å²) in [6, 6.07) is 14.2. The summed E-state index contributed by atoms with van der Waals surface area (Å²) in [4.78, 5) is 0. The Hall–Kier alpha value is -1.12. The van der Waals surface area contributed by atoms with Crippen LogP contribution < -0.4 is 0 Å². The molecule has 0 aliphatic heterocycles. The normalized spacial score (nSPS) is 11.6. The Morgan fingerprint density at radius 2 is 1.67 bits per heavy atom. The van der Waals surface area contributed by atoms with E-state index >= 15 is 0 Å². The van der Waals surface area contributed by atoms with Crippen LogP contribution in [0.4, 0.5) is 0 Å². The molecule has 0 aliphatic rings. The first-order valence-corrected chi connectivity index (χ1v) is 6.77. The van der Waals surface area contributed by atoms with Crippen LogP contribution in [0, 0.1) is 6.92 Å². The van der Waals surface area contributed by atoms with Crippen LogP contribution >= 0.6 is 15.9 Å². The van der Waals surface area contributed by atoms with Crippen LogP contribution in [0.5, 0.6) is 0 Å². The van der Waals surface area contributed by atoms with Crippen molar-refractivity contribution in [3.8, 4) is 11.1 Å². The van der Waals surface area contributed by atoms with Crippen LogP contribution in [0.3, 0.4) is 0 Å². The second kappa shape index (κ2) is 4.87. The smallest absolute Gasteiger partial charge is 0.0846 e. The van der Waals surface area contributed by atoms with Gasteiger partial charge in [-0.15, -0.1) is 0 Å². The standard InChI is InChI=1S/C16H17BrO/c1-11-10-12(17)8-9-13(11)14-6-4-5-7-15(14)16(2,3)18/h4-10,18H,1-3H3. The minimum atomic E-state index is -0.837. The van der Waals surface area contributed by atoms with Gasteiger partial charge in [-0.2, -0.15) is 0 Å². The Kier molecular flexibility index (Phi) is 3.60. The maximum Gasteiger partial charge on any atom is 0.0846 e. The van der Waals surface area contributed by atoms with Crippen LogP contribution in [-0.2, 0) is 5.60 Å². The van der Waals surface area contributed by atoms with Crippen molar-refractivity contribution in [3.05, 3.63) is 58.1 Å². The number of aryl methyl sites for hydroxylation is 1. The highest BCUT2D eigenvalue weighted by molar-refractivity contribution is 9.10. The van der Waals surface area contributed by atoms with Crippen molar-refractivity contribution in [2.75, 3.05) is 0 Å². The lowest BCUT2D eigenvalue weighted by atomic mass is 9.88. The molecule has 0 fully saturated rings. The van der Waals surface area contributed by atoms with E-state index in [2.05, 4.69) is 41.1 Å². The van der Waals surface area contributed by atoms with E-state index in [1.165, 1.54) is 5.56 Å². The molecule has 2 aromatic carbocycles. The molecule has 0 aromatic heterocycles. The lowest BCUT2D eigenvalue weighted by Gasteiger charge is -2.22. The van der Waals surface area contributed by atoms with Crippen LogP contribution in [-0.4, -0.2) is 5.11 Å². The van der Waals surface area contributed by atoms with Crippen molar-refractivity contribution in [2.24, 2.45) is 0 Å². The zero-order chi connectivity index (χ0) is 13.3. The van der Waals surface area contributed by atoms with Crippen molar-refractivity contribution in [3.63, 3.8) is 0 Å². The average molecular weight is 305 g/mol. The first kappa shape index (κ1) is 13.3. The van der Waals surface area contributed by atoms with Gasteiger partial charge in [-0.1, -0.05) is 46.3 Å². The van der Waals surface area contributed by atoms with E-state index in [4.69, 9.17) is 0 Å². The van der Waals surface area contributed by atoms with Gasteiger partial charge in [0.25, 0.3) is 0 Å². The molecule has 0 saturated carbocycles. The molecule has 2 aromatic rings. The molecule has 94 valence electrons. The first-order valence-electron chi connectivity index (χ1n) is 5.98. The monoisotopic (exact) mass is 304 g/mol. The summed E-state index contributed by atoms with van der Waals surface area (Å²) in [5, 5.41) is 10.3. The number of halogens is 1. The van der Waals surface area contributed by atoms with E-state index < -0.39 is 5.60 Å². The molecule has 0 saturated heterocycles. The average Bonchev–Trinajstić information content (AvgIpc) is 2.28. The molecule has 0 radical (unpaired) electrons. The molecule has 2 rings (SSSR count). The lowest BCUT2D eigenvalue weighted by Crippen LogP contribution is -2.16. The summed E-state index contributed by atoms with van der Waals surface area (Å²) in [6.45, 7) is 5.72. The van der Waals surface area contributed by atoms with Crippen molar-refractivity contribution in [2.45, 2.75) is 26.4 Å². The van der Waals surface area contributed by atoms with Gasteiger partial charge in [0.2, 0.25) is 0 Å². The quantitative estimate of drug-likeness (QED) is 0.856. The van der Waals surface area contributed by atoms with Crippen LogP contribution in [0.2, 0.25) is 0 Å². The van der Waals surface area contributed by atoms with Crippen LogP contribution in [0.25, 0.3) is 11.1 Å². The third-order valence-corrected chi connectivity index (χ3v) is 3.56. The molecule has 1 N–H and O–H groups in total. The van der Waals surface area contributed by atoms with Crippen LogP contribution in [0.15, 0.2) is 46.9 Å². The molecule has 1 nitrogen and oxygen atoms in total. The summed E-state index contributed by atoms with van der Waals surface area (Å²) in [5.74, 6) is 0. The van der Waals surface area contributed by atoms with Gasteiger partial charge in [0, 0.05) is 4.47 Å². The second-order valence-corrected chi connectivity index (χ2v) is 5.98. The highest BCUT2D eigenvalue weighted by atomic mass is 79.9. The minimum Gasteiger partial charge on any atom is -0.386 e. The van der Waals surface area contributed by atoms with Gasteiger partial charge in [0.15, 0.2) is 0 Å². The predicted molar refractivity (Wildman–Crippen MR) is 79.6 cm³/mol. The molecule has 0 unspecified atom stereocenters. The SMILES string of the molecule is Cc1cc(Br)ccc1-c1ccccc1C(C)(C)O. The maximum atomic E-state index is 10.3. The highest BCUT2D eigenvalue weighted by Crippen LogP contribution is 2.34. The van der Waals surface area contributed by atoms with Crippen molar-refractivity contribution in [1.29, 1.82) is 0 Å². The molecule has 0 amide bonds. The largest absolute Gasteiger partial charge is 0.386 e. The van der Waals surface area contributed by atoms with Crippen molar-refractivity contribution >= 4 is 15.9 Å². The fourth-order valence-corrected chi connectivity index (χ4v) is 2.66. The van der Waals surface area contributed by atoms with Gasteiger partial charge in [-0.3, -0.25) is 0 Å². The topological polar surface area (TPSA) is 20.2 Å². The lowest BCUT2D eigenvalue weighted by molar-refractivity contribution is 0.0792. The molecule has 0 atom stereocenters. The fourth-order valence-electron chi connectivity index (χ4n) is 2.18. The number of hydrogen-bond acceptors (Lipinski definition) is 1. The summed E-state index contributed by atoms with van der Waals surface area (Å²) < 4.78 is 1.07. The van der Waals surface area contributed by atoms with Gasteiger partial charge >= 0.3 is 0 Å². The summed E-state index contributed by atoms with van der Waals surface area (Å²) in [6.07, 6.45) is 0. The van der Waals surface area contributed by atoms with Gasteiger partial charge in [-0.05, 0) is 55.2 Å². The third-order valence-electron chi connectivity index (χ3n) is 3.06. The minimum absolute atomic E-state index is 0.837. The maximum absolute atomic E-state index is 10.3. The molecule has 0 bridgehead atoms.